The van der Waals surface area contributed by atoms with Crippen LogP contribution in [0, 0.1) is 0 Å². The summed E-state index contributed by atoms with van der Waals surface area (Å²) in [6.07, 6.45) is 1.98. The molecule has 0 saturated carbocycles. The zero-order valence-electron chi connectivity index (χ0n) is 8.06. The lowest BCUT2D eigenvalue weighted by atomic mass is 10.2. The maximum atomic E-state index is 9.00. The van der Waals surface area contributed by atoms with Gasteiger partial charge in [-0.05, 0) is 33.6 Å². The third kappa shape index (κ3) is 6.32. The second kappa shape index (κ2) is 6.62. The van der Waals surface area contributed by atoms with Crippen molar-refractivity contribution in [1.29, 1.82) is 0 Å². The molecular formula is C9H22NO+. The van der Waals surface area contributed by atoms with Crippen molar-refractivity contribution in [2.75, 3.05) is 19.6 Å². The van der Waals surface area contributed by atoms with Gasteiger partial charge in [0.05, 0.1) is 25.7 Å². The SMILES string of the molecule is CC[NH+](CC)CCC[C@@H](C)O. The summed E-state index contributed by atoms with van der Waals surface area (Å²) < 4.78 is 0. The molecule has 0 aromatic heterocycles. The lowest BCUT2D eigenvalue weighted by Gasteiger charge is -2.15. The largest absolute Gasteiger partial charge is 0.393 e. The first kappa shape index (κ1) is 10.9. The number of nitrogens with one attached hydrogen (secondary N) is 1. The average molecular weight is 160 g/mol. The van der Waals surface area contributed by atoms with Gasteiger partial charge in [0.15, 0.2) is 0 Å². The molecule has 0 radical (unpaired) electrons. The van der Waals surface area contributed by atoms with Crippen molar-refractivity contribution >= 4 is 0 Å². The maximum absolute atomic E-state index is 9.00. The number of aliphatic hydroxyl groups is 1. The first-order chi connectivity index (χ1) is 5.20. The predicted octanol–water partition coefficient (Wildman–Crippen LogP) is 0.0721. The normalized spacial score (nSPS) is 13.9. The maximum Gasteiger partial charge on any atom is 0.0771 e. The molecule has 1 atom stereocenters. The molecule has 0 aromatic rings. The Morgan fingerprint density at radius 3 is 2.18 bits per heavy atom. The van der Waals surface area contributed by atoms with E-state index < -0.39 is 0 Å². The highest BCUT2D eigenvalue weighted by atomic mass is 16.3. The molecule has 2 nitrogen and oxygen atoms in total. The van der Waals surface area contributed by atoms with Crippen LogP contribution in [0.15, 0.2) is 0 Å². The van der Waals surface area contributed by atoms with Gasteiger partial charge in [0.2, 0.25) is 0 Å². The molecule has 0 rings (SSSR count). The third-order valence-electron chi connectivity index (χ3n) is 2.15. The molecule has 0 unspecified atom stereocenters. The molecule has 0 aliphatic carbocycles. The molecule has 0 aliphatic rings. The molecule has 0 bridgehead atoms. The van der Waals surface area contributed by atoms with E-state index in [0.717, 1.165) is 12.8 Å². The Hall–Kier alpha value is -0.0800. The molecule has 0 aliphatic heterocycles. The van der Waals surface area contributed by atoms with Gasteiger partial charge in [-0.2, -0.15) is 0 Å². The molecular weight excluding hydrogens is 138 g/mol. The van der Waals surface area contributed by atoms with Crippen molar-refractivity contribution in [3.8, 4) is 0 Å². The van der Waals surface area contributed by atoms with Gasteiger partial charge in [-0.1, -0.05) is 0 Å². The fraction of sp³-hybridized carbons (Fsp3) is 1.00. The molecule has 0 fully saturated rings. The first-order valence-corrected chi connectivity index (χ1v) is 4.72. The van der Waals surface area contributed by atoms with Crippen molar-refractivity contribution < 1.29 is 10.0 Å². The number of aliphatic hydroxyl groups excluding tert-OH is 1. The Kier molecular flexibility index (Phi) is 6.57. The zero-order chi connectivity index (χ0) is 8.69. The molecule has 2 heteroatoms. The van der Waals surface area contributed by atoms with E-state index in [1.54, 1.807) is 4.90 Å². The predicted molar refractivity (Wildman–Crippen MR) is 47.8 cm³/mol. The summed E-state index contributed by atoms with van der Waals surface area (Å²) in [7, 11) is 0. The number of quaternary nitrogens is 1. The van der Waals surface area contributed by atoms with Crippen molar-refractivity contribution in [3.63, 3.8) is 0 Å². The van der Waals surface area contributed by atoms with Gasteiger partial charge in [-0.3, -0.25) is 0 Å². The van der Waals surface area contributed by atoms with Crippen LogP contribution in [-0.2, 0) is 0 Å². The monoisotopic (exact) mass is 160 g/mol. The zero-order valence-corrected chi connectivity index (χ0v) is 8.06. The summed E-state index contributed by atoms with van der Waals surface area (Å²) in [5.74, 6) is 0. The molecule has 0 amide bonds. The fourth-order valence-corrected chi connectivity index (χ4v) is 1.25. The van der Waals surface area contributed by atoms with E-state index >= 15 is 0 Å². The van der Waals surface area contributed by atoms with Crippen LogP contribution in [0.1, 0.15) is 33.6 Å². The number of hydrogen-bond acceptors (Lipinski definition) is 1. The molecule has 68 valence electrons. The van der Waals surface area contributed by atoms with Crippen molar-refractivity contribution in [2.24, 2.45) is 0 Å². The van der Waals surface area contributed by atoms with Gasteiger partial charge in [0, 0.05) is 0 Å². The summed E-state index contributed by atoms with van der Waals surface area (Å²) in [5, 5.41) is 9.00. The van der Waals surface area contributed by atoms with Crippen LogP contribution in [0.2, 0.25) is 0 Å². The summed E-state index contributed by atoms with van der Waals surface area (Å²) in [6, 6.07) is 0. The van der Waals surface area contributed by atoms with Crippen LogP contribution in [0.4, 0.5) is 0 Å². The minimum absolute atomic E-state index is 0.120. The van der Waals surface area contributed by atoms with Crippen molar-refractivity contribution in [2.45, 2.75) is 39.7 Å². The topological polar surface area (TPSA) is 24.7 Å². The highest BCUT2D eigenvalue weighted by Crippen LogP contribution is 1.91. The van der Waals surface area contributed by atoms with E-state index in [9.17, 15) is 0 Å². The summed E-state index contributed by atoms with van der Waals surface area (Å²) in [4.78, 5) is 1.63. The molecule has 0 aromatic carbocycles. The lowest BCUT2D eigenvalue weighted by Crippen LogP contribution is -3.11. The minimum atomic E-state index is -0.120. The first-order valence-electron chi connectivity index (χ1n) is 4.72. The van der Waals surface area contributed by atoms with Gasteiger partial charge in [0.25, 0.3) is 0 Å². The smallest absolute Gasteiger partial charge is 0.0771 e. The lowest BCUT2D eigenvalue weighted by molar-refractivity contribution is -0.896. The van der Waals surface area contributed by atoms with Crippen LogP contribution >= 0.6 is 0 Å². The van der Waals surface area contributed by atoms with E-state index in [2.05, 4.69) is 13.8 Å². The number of hydrogen-bond donors (Lipinski definition) is 2. The summed E-state index contributed by atoms with van der Waals surface area (Å²) >= 11 is 0. The second-order valence-electron chi connectivity index (χ2n) is 3.20. The standard InChI is InChI=1S/C9H21NO/c1-4-10(5-2)8-6-7-9(3)11/h9,11H,4-8H2,1-3H3/p+1/t9-/m1/s1. The third-order valence-corrected chi connectivity index (χ3v) is 2.15. The van der Waals surface area contributed by atoms with E-state index in [0.29, 0.717) is 0 Å². The Balaban J connectivity index is 3.21. The van der Waals surface area contributed by atoms with Crippen molar-refractivity contribution in [3.05, 3.63) is 0 Å². The Morgan fingerprint density at radius 2 is 1.82 bits per heavy atom. The molecule has 2 N–H and O–H groups in total. The second-order valence-corrected chi connectivity index (χ2v) is 3.20. The summed E-state index contributed by atoms with van der Waals surface area (Å²) in [5.41, 5.74) is 0. The summed E-state index contributed by atoms with van der Waals surface area (Å²) in [6.45, 7) is 9.89. The fourth-order valence-electron chi connectivity index (χ4n) is 1.25. The Labute approximate surface area is 70.2 Å². The molecule has 0 saturated heterocycles. The van der Waals surface area contributed by atoms with E-state index in [1.165, 1.54) is 19.6 Å². The Morgan fingerprint density at radius 1 is 1.27 bits per heavy atom. The van der Waals surface area contributed by atoms with E-state index in [4.69, 9.17) is 5.11 Å². The van der Waals surface area contributed by atoms with E-state index in [-0.39, 0.29) is 6.10 Å². The van der Waals surface area contributed by atoms with E-state index in [1.807, 2.05) is 6.92 Å². The number of rotatable bonds is 6. The van der Waals surface area contributed by atoms with Crippen LogP contribution in [0.5, 0.6) is 0 Å². The quantitative estimate of drug-likeness (QED) is 0.565. The van der Waals surface area contributed by atoms with Gasteiger partial charge >= 0.3 is 0 Å². The highest BCUT2D eigenvalue weighted by molar-refractivity contribution is 4.44. The van der Waals surface area contributed by atoms with Gasteiger partial charge in [0.1, 0.15) is 0 Å². The van der Waals surface area contributed by atoms with Gasteiger partial charge < -0.3 is 10.0 Å². The van der Waals surface area contributed by atoms with Crippen LogP contribution in [0.3, 0.4) is 0 Å². The highest BCUT2D eigenvalue weighted by Gasteiger charge is 2.02. The Bertz CT molecular complexity index is 79.6. The van der Waals surface area contributed by atoms with Crippen LogP contribution in [-0.4, -0.2) is 30.8 Å². The van der Waals surface area contributed by atoms with Crippen LogP contribution < -0.4 is 4.90 Å². The van der Waals surface area contributed by atoms with Crippen LogP contribution in [0.25, 0.3) is 0 Å². The van der Waals surface area contributed by atoms with Gasteiger partial charge in [-0.15, -0.1) is 0 Å². The van der Waals surface area contributed by atoms with Gasteiger partial charge in [-0.25, -0.2) is 0 Å². The molecule has 11 heavy (non-hydrogen) atoms. The van der Waals surface area contributed by atoms with Crippen molar-refractivity contribution in [1.82, 2.24) is 0 Å². The average Bonchev–Trinajstić information content (AvgIpc) is 1.98. The molecule has 0 heterocycles. The minimum Gasteiger partial charge on any atom is -0.393 e. The molecule has 0 spiro atoms.